The molecule has 0 aromatic heterocycles. The molecule has 0 fully saturated rings. The number of carbonyl (C=O) groups is 1. The molecule has 0 saturated heterocycles. The van der Waals surface area contributed by atoms with E-state index in [2.05, 4.69) is 6.07 Å². The SMILES string of the molecule is COc1ccc(C(=O)[C@H](C#N)c2cccc(OC)c2)cc1. The number of rotatable bonds is 5. The number of ether oxygens (including phenoxy) is 2. The van der Waals surface area contributed by atoms with Crippen LogP contribution in [-0.4, -0.2) is 20.0 Å². The summed E-state index contributed by atoms with van der Waals surface area (Å²) >= 11 is 0. The van der Waals surface area contributed by atoms with E-state index in [9.17, 15) is 10.1 Å². The van der Waals surface area contributed by atoms with Crippen LogP contribution in [0.4, 0.5) is 0 Å². The van der Waals surface area contributed by atoms with Gasteiger partial charge in [0, 0.05) is 5.56 Å². The highest BCUT2D eigenvalue weighted by Gasteiger charge is 2.22. The van der Waals surface area contributed by atoms with Gasteiger partial charge in [0.1, 0.15) is 17.4 Å². The largest absolute Gasteiger partial charge is 0.497 e. The van der Waals surface area contributed by atoms with Crippen molar-refractivity contribution in [2.75, 3.05) is 14.2 Å². The van der Waals surface area contributed by atoms with Gasteiger partial charge in [0.2, 0.25) is 0 Å². The lowest BCUT2D eigenvalue weighted by molar-refractivity contribution is 0.0979. The summed E-state index contributed by atoms with van der Waals surface area (Å²) in [6, 6.07) is 15.8. The van der Waals surface area contributed by atoms with E-state index in [0.717, 1.165) is 0 Å². The van der Waals surface area contributed by atoms with Gasteiger partial charge in [-0.2, -0.15) is 5.26 Å². The lowest BCUT2D eigenvalue weighted by atomic mass is 9.92. The summed E-state index contributed by atoms with van der Waals surface area (Å²) in [4.78, 5) is 12.5. The maximum atomic E-state index is 12.5. The van der Waals surface area contributed by atoms with Gasteiger partial charge < -0.3 is 9.47 Å². The van der Waals surface area contributed by atoms with Crippen molar-refractivity contribution in [2.24, 2.45) is 0 Å². The number of nitriles is 1. The summed E-state index contributed by atoms with van der Waals surface area (Å²) in [6.07, 6.45) is 0. The second kappa shape index (κ2) is 6.58. The number of hydrogen-bond acceptors (Lipinski definition) is 4. The second-order valence-corrected chi connectivity index (χ2v) is 4.43. The van der Waals surface area contributed by atoms with E-state index in [1.807, 2.05) is 0 Å². The summed E-state index contributed by atoms with van der Waals surface area (Å²) in [5, 5.41) is 9.34. The first-order chi connectivity index (χ1) is 10.2. The molecule has 0 unspecified atom stereocenters. The van der Waals surface area contributed by atoms with Crippen LogP contribution in [0.3, 0.4) is 0 Å². The monoisotopic (exact) mass is 281 g/mol. The zero-order chi connectivity index (χ0) is 15.2. The maximum absolute atomic E-state index is 12.5. The quantitative estimate of drug-likeness (QED) is 0.790. The van der Waals surface area contributed by atoms with Gasteiger partial charge in [-0.15, -0.1) is 0 Å². The van der Waals surface area contributed by atoms with E-state index in [4.69, 9.17) is 9.47 Å². The highest BCUT2D eigenvalue weighted by atomic mass is 16.5. The molecule has 0 spiro atoms. The molecule has 0 radical (unpaired) electrons. The van der Waals surface area contributed by atoms with Crippen molar-refractivity contribution in [3.05, 3.63) is 59.7 Å². The Labute approximate surface area is 123 Å². The summed E-state index contributed by atoms with van der Waals surface area (Å²) in [7, 11) is 3.11. The molecule has 0 saturated carbocycles. The van der Waals surface area contributed by atoms with Crippen molar-refractivity contribution in [3.63, 3.8) is 0 Å². The van der Waals surface area contributed by atoms with Crippen LogP contribution in [-0.2, 0) is 0 Å². The third-order valence-corrected chi connectivity index (χ3v) is 3.19. The molecule has 2 aromatic rings. The lowest BCUT2D eigenvalue weighted by Gasteiger charge is -2.10. The molecule has 4 nitrogen and oxygen atoms in total. The number of carbonyl (C=O) groups excluding carboxylic acids is 1. The lowest BCUT2D eigenvalue weighted by Crippen LogP contribution is -2.11. The van der Waals surface area contributed by atoms with Crippen molar-refractivity contribution in [3.8, 4) is 17.6 Å². The minimum atomic E-state index is -0.853. The standard InChI is InChI=1S/C17H15NO3/c1-20-14-8-6-12(7-9-14)17(19)16(11-18)13-4-3-5-15(10-13)21-2/h3-10,16H,1-2H3/t16-/m1/s1. The molecule has 1 atom stereocenters. The average Bonchev–Trinajstić information content (AvgIpc) is 2.55. The van der Waals surface area contributed by atoms with E-state index < -0.39 is 5.92 Å². The number of hydrogen-bond donors (Lipinski definition) is 0. The van der Waals surface area contributed by atoms with Crippen molar-refractivity contribution >= 4 is 5.78 Å². The van der Waals surface area contributed by atoms with E-state index in [1.54, 1.807) is 62.8 Å². The Morgan fingerprint density at radius 3 is 2.29 bits per heavy atom. The van der Waals surface area contributed by atoms with Gasteiger partial charge in [-0.1, -0.05) is 12.1 Å². The predicted molar refractivity (Wildman–Crippen MR) is 78.7 cm³/mol. The average molecular weight is 281 g/mol. The molecule has 0 aliphatic rings. The molecule has 4 heteroatoms. The van der Waals surface area contributed by atoms with Crippen molar-refractivity contribution in [2.45, 2.75) is 5.92 Å². The van der Waals surface area contributed by atoms with Crippen LogP contribution in [0.25, 0.3) is 0 Å². The Morgan fingerprint density at radius 1 is 1.05 bits per heavy atom. The molecule has 0 amide bonds. The first-order valence-corrected chi connectivity index (χ1v) is 6.41. The number of benzene rings is 2. The summed E-state index contributed by atoms with van der Waals surface area (Å²) < 4.78 is 10.2. The Balaban J connectivity index is 2.31. The van der Waals surface area contributed by atoms with Gasteiger partial charge >= 0.3 is 0 Å². The van der Waals surface area contributed by atoms with Crippen LogP contribution >= 0.6 is 0 Å². The van der Waals surface area contributed by atoms with E-state index in [0.29, 0.717) is 22.6 Å². The van der Waals surface area contributed by atoms with E-state index in [-0.39, 0.29) is 5.78 Å². The van der Waals surface area contributed by atoms with Crippen molar-refractivity contribution in [1.29, 1.82) is 5.26 Å². The molecule has 0 aliphatic heterocycles. The van der Waals surface area contributed by atoms with Gasteiger partial charge in [0.05, 0.1) is 20.3 Å². The summed E-state index contributed by atoms with van der Waals surface area (Å²) in [5.74, 6) is 0.193. The van der Waals surface area contributed by atoms with Gasteiger partial charge in [-0.25, -0.2) is 0 Å². The van der Waals surface area contributed by atoms with Crippen molar-refractivity contribution in [1.82, 2.24) is 0 Å². The first-order valence-electron chi connectivity index (χ1n) is 6.41. The third kappa shape index (κ3) is 3.21. The Bertz CT molecular complexity index is 671. The van der Waals surface area contributed by atoms with Gasteiger partial charge in [0.15, 0.2) is 5.78 Å². The fraction of sp³-hybridized carbons (Fsp3) is 0.176. The van der Waals surface area contributed by atoms with Gasteiger partial charge in [-0.05, 0) is 42.0 Å². The van der Waals surface area contributed by atoms with Crippen LogP contribution in [0.15, 0.2) is 48.5 Å². The highest BCUT2D eigenvalue weighted by Crippen LogP contribution is 2.24. The Hall–Kier alpha value is -2.80. The number of ketones is 1. The highest BCUT2D eigenvalue weighted by molar-refractivity contribution is 6.02. The minimum absolute atomic E-state index is 0.242. The molecular weight excluding hydrogens is 266 g/mol. The fourth-order valence-electron chi connectivity index (χ4n) is 2.03. The zero-order valence-corrected chi connectivity index (χ0v) is 11.9. The van der Waals surface area contributed by atoms with Gasteiger partial charge in [-0.3, -0.25) is 4.79 Å². The smallest absolute Gasteiger partial charge is 0.184 e. The molecule has 21 heavy (non-hydrogen) atoms. The van der Waals surface area contributed by atoms with Crippen LogP contribution < -0.4 is 9.47 Å². The molecule has 0 aliphatic carbocycles. The topological polar surface area (TPSA) is 59.3 Å². The number of nitrogens with zero attached hydrogens (tertiary/aromatic N) is 1. The first kappa shape index (κ1) is 14.6. The molecule has 2 aromatic carbocycles. The molecule has 0 bridgehead atoms. The third-order valence-electron chi connectivity index (χ3n) is 3.19. The zero-order valence-electron chi connectivity index (χ0n) is 11.9. The van der Waals surface area contributed by atoms with Gasteiger partial charge in [0.25, 0.3) is 0 Å². The molecule has 0 heterocycles. The van der Waals surface area contributed by atoms with Crippen LogP contribution in [0, 0.1) is 11.3 Å². The molecule has 106 valence electrons. The number of Topliss-reactive ketones (excluding diaryl/α,β-unsaturated/α-hetero) is 1. The van der Waals surface area contributed by atoms with Crippen LogP contribution in [0.5, 0.6) is 11.5 Å². The normalized spacial score (nSPS) is 11.3. The Morgan fingerprint density at radius 2 is 1.71 bits per heavy atom. The fourth-order valence-corrected chi connectivity index (χ4v) is 2.03. The predicted octanol–water partition coefficient (Wildman–Crippen LogP) is 3.19. The Kier molecular flexibility index (Phi) is 4.57. The second-order valence-electron chi connectivity index (χ2n) is 4.43. The summed E-state index contributed by atoms with van der Waals surface area (Å²) in [5.41, 5.74) is 1.10. The van der Waals surface area contributed by atoms with Crippen molar-refractivity contribution < 1.29 is 14.3 Å². The van der Waals surface area contributed by atoms with Crippen LogP contribution in [0.2, 0.25) is 0 Å². The van der Waals surface area contributed by atoms with E-state index >= 15 is 0 Å². The van der Waals surface area contributed by atoms with Crippen LogP contribution in [0.1, 0.15) is 21.8 Å². The molecule has 0 N–H and O–H groups in total. The maximum Gasteiger partial charge on any atom is 0.184 e. The molecule has 2 rings (SSSR count). The molecular formula is C17H15NO3. The summed E-state index contributed by atoms with van der Waals surface area (Å²) in [6.45, 7) is 0. The number of methoxy groups -OCH3 is 2. The minimum Gasteiger partial charge on any atom is -0.497 e. The van der Waals surface area contributed by atoms with E-state index in [1.165, 1.54) is 0 Å².